The highest BCUT2D eigenvalue weighted by molar-refractivity contribution is 6.31. The number of hydrogen-bond donors (Lipinski definition) is 3. The van der Waals surface area contributed by atoms with Crippen LogP contribution < -0.4 is 16.4 Å². The van der Waals surface area contributed by atoms with Crippen LogP contribution in [-0.4, -0.2) is 24.9 Å². The number of anilines is 1. The van der Waals surface area contributed by atoms with E-state index in [2.05, 4.69) is 10.6 Å². The highest BCUT2D eigenvalue weighted by atomic mass is 35.5. The van der Waals surface area contributed by atoms with Crippen LogP contribution in [0.15, 0.2) is 18.2 Å². The van der Waals surface area contributed by atoms with E-state index in [1.165, 1.54) is 12.1 Å². The standard InChI is InChI=1S/C12H16ClN3O2/c1-2-15-11(17)3-4-16-12(18)8-5-9(13)7-10(14)6-8/h5-7H,2-4,14H2,1H3,(H,15,17)(H,16,18). The van der Waals surface area contributed by atoms with E-state index in [9.17, 15) is 9.59 Å². The van der Waals surface area contributed by atoms with Crippen molar-refractivity contribution in [3.63, 3.8) is 0 Å². The second-order valence-corrected chi connectivity index (χ2v) is 4.17. The zero-order valence-corrected chi connectivity index (χ0v) is 10.9. The summed E-state index contributed by atoms with van der Waals surface area (Å²) in [6.07, 6.45) is 0.246. The molecule has 1 aromatic rings. The maximum Gasteiger partial charge on any atom is 0.251 e. The first-order chi connectivity index (χ1) is 8.52. The summed E-state index contributed by atoms with van der Waals surface area (Å²) in [5.74, 6) is -0.392. The molecule has 0 fully saturated rings. The smallest absolute Gasteiger partial charge is 0.251 e. The number of benzene rings is 1. The minimum absolute atomic E-state index is 0.0941. The third-order valence-corrected chi connectivity index (χ3v) is 2.41. The highest BCUT2D eigenvalue weighted by Crippen LogP contribution is 2.16. The van der Waals surface area contributed by atoms with Gasteiger partial charge in [0.15, 0.2) is 0 Å². The molecule has 0 aromatic heterocycles. The highest BCUT2D eigenvalue weighted by Gasteiger charge is 2.07. The number of nitrogen functional groups attached to an aromatic ring is 1. The molecule has 1 aromatic carbocycles. The molecule has 5 nitrogen and oxygen atoms in total. The first kappa shape index (κ1) is 14.3. The zero-order valence-electron chi connectivity index (χ0n) is 10.1. The van der Waals surface area contributed by atoms with Crippen molar-refractivity contribution in [2.75, 3.05) is 18.8 Å². The van der Waals surface area contributed by atoms with E-state index in [0.717, 1.165) is 0 Å². The van der Waals surface area contributed by atoms with Crippen molar-refractivity contribution >= 4 is 29.1 Å². The molecule has 0 aliphatic carbocycles. The van der Waals surface area contributed by atoms with Crippen molar-refractivity contribution in [1.29, 1.82) is 0 Å². The molecule has 0 aliphatic heterocycles. The number of halogens is 1. The van der Waals surface area contributed by atoms with Gasteiger partial charge in [0.25, 0.3) is 5.91 Å². The third-order valence-electron chi connectivity index (χ3n) is 2.19. The molecule has 18 heavy (non-hydrogen) atoms. The van der Waals surface area contributed by atoms with Crippen molar-refractivity contribution in [2.45, 2.75) is 13.3 Å². The summed E-state index contributed by atoms with van der Waals surface area (Å²) in [5, 5.41) is 5.68. The lowest BCUT2D eigenvalue weighted by Crippen LogP contribution is -2.30. The van der Waals surface area contributed by atoms with Gasteiger partial charge in [0.05, 0.1) is 0 Å². The molecule has 0 heterocycles. The summed E-state index contributed by atoms with van der Waals surface area (Å²) in [4.78, 5) is 22.9. The van der Waals surface area contributed by atoms with Gasteiger partial charge in [-0.25, -0.2) is 0 Å². The minimum Gasteiger partial charge on any atom is -0.399 e. The monoisotopic (exact) mass is 269 g/mol. The van der Waals surface area contributed by atoms with Crippen molar-refractivity contribution in [2.24, 2.45) is 0 Å². The molecule has 0 spiro atoms. The molecule has 0 radical (unpaired) electrons. The molecule has 0 saturated carbocycles. The van der Waals surface area contributed by atoms with Crippen LogP contribution >= 0.6 is 11.6 Å². The topological polar surface area (TPSA) is 84.2 Å². The van der Waals surface area contributed by atoms with Crippen LogP contribution in [0.1, 0.15) is 23.7 Å². The predicted octanol–water partition coefficient (Wildman–Crippen LogP) is 1.18. The van der Waals surface area contributed by atoms with Crippen LogP contribution in [0.5, 0.6) is 0 Å². The van der Waals surface area contributed by atoms with Crippen molar-refractivity contribution in [3.8, 4) is 0 Å². The number of nitrogens with one attached hydrogen (secondary N) is 2. The summed E-state index contributed by atoms with van der Waals surface area (Å²) in [6.45, 7) is 2.69. The van der Waals surface area contributed by atoms with Gasteiger partial charge in [0.2, 0.25) is 5.91 Å². The van der Waals surface area contributed by atoms with E-state index in [0.29, 0.717) is 22.8 Å². The van der Waals surface area contributed by atoms with Crippen LogP contribution in [0.2, 0.25) is 5.02 Å². The molecule has 98 valence electrons. The van der Waals surface area contributed by atoms with E-state index >= 15 is 0 Å². The molecule has 0 saturated heterocycles. The Morgan fingerprint density at radius 2 is 2.00 bits per heavy atom. The van der Waals surface area contributed by atoms with Crippen LogP contribution in [0, 0.1) is 0 Å². The Hall–Kier alpha value is -1.75. The molecule has 4 N–H and O–H groups in total. The quantitative estimate of drug-likeness (QED) is 0.702. The molecule has 2 amide bonds. The molecule has 0 atom stereocenters. The number of amides is 2. The molecule has 0 aliphatic rings. The first-order valence-corrected chi connectivity index (χ1v) is 6.01. The summed E-state index contributed by atoms with van der Waals surface area (Å²) >= 11 is 5.80. The van der Waals surface area contributed by atoms with Gasteiger partial charge >= 0.3 is 0 Å². The molecule has 1 rings (SSSR count). The lowest BCUT2D eigenvalue weighted by atomic mass is 10.2. The SMILES string of the molecule is CCNC(=O)CCNC(=O)c1cc(N)cc(Cl)c1. The Kier molecular flexibility index (Phi) is 5.45. The molecule has 6 heteroatoms. The summed E-state index contributed by atoms with van der Waals surface area (Å²) in [5.41, 5.74) is 6.40. The fraction of sp³-hybridized carbons (Fsp3) is 0.333. The second-order valence-electron chi connectivity index (χ2n) is 3.73. The maximum absolute atomic E-state index is 11.7. The zero-order chi connectivity index (χ0) is 13.5. The van der Waals surface area contributed by atoms with Crippen molar-refractivity contribution < 1.29 is 9.59 Å². The maximum atomic E-state index is 11.7. The molecular formula is C12H16ClN3O2. The van der Waals surface area contributed by atoms with E-state index in [1.54, 1.807) is 6.07 Å². The Labute approximate surface area is 111 Å². The lowest BCUT2D eigenvalue weighted by molar-refractivity contribution is -0.120. The predicted molar refractivity (Wildman–Crippen MR) is 71.5 cm³/mol. The minimum atomic E-state index is -0.298. The number of hydrogen-bond acceptors (Lipinski definition) is 3. The summed E-state index contributed by atoms with van der Waals surface area (Å²) in [7, 11) is 0. The number of carbonyl (C=O) groups is 2. The number of nitrogens with two attached hydrogens (primary N) is 1. The fourth-order valence-electron chi connectivity index (χ4n) is 1.42. The van der Waals surface area contributed by atoms with Gasteiger partial charge in [-0.15, -0.1) is 0 Å². The number of carbonyl (C=O) groups excluding carboxylic acids is 2. The van der Waals surface area contributed by atoms with Gasteiger partial charge in [-0.1, -0.05) is 11.6 Å². The van der Waals surface area contributed by atoms with Crippen molar-refractivity contribution in [1.82, 2.24) is 10.6 Å². The van der Waals surface area contributed by atoms with Gasteiger partial charge in [-0.3, -0.25) is 9.59 Å². The Bertz CT molecular complexity index is 429. The lowest BCUT2D eigenvalue weighted by Gasteiger charge is -2.06. The van der Waals surface area contributed by atoms with E-state index in [4.69, 9.17) is 17.3 Å². The normalized spacial score (nSPS) is 9.89. The van der Waals surface area contributed by atoms with Crippen LogP contribution in [0.25, 0.3) is 0 Å². The van der Waals surface area contributed by atoms with E-state index < -0.39 is 0 Å². The summed E-state index contributed by atoms with van der Waals surface area (Å²) < 4.78 is 0. The largest absolute Gasteiger partial charge is 0.399 e. The fourth-order valence-corrected chi connectivity index (χ4v) is 1.66. The Balaban J connectivity index is 2.48. The average molecular weight is 270 g/mol. The second kappa shape index (κ2) is 6.86. The Morgan fingerprint density at radius 3 is 2.61 bits per heavy atom. The van der Waals surface area contributed by atoms with Gasteiger partial charge in [0, 0.05) is 35.8 Å². The molecule has 0 unspecified atom stereocenters. The van der Waals surface area contributed by atoms with Gasteiger partial charge in [-0.2, -0.15) is 0 Å². The van der Waals surface area contributed by atoms with Gasteiger partial charge < -0.3 is 16.4 Å². The van der Waals surface area contributed by atoms with Gasteiger partial charge in [0.1, 0.15) is 0 Å². The average Bonchev–Trinajstić information content (AvgIpc) is 2.27. The van der Waals surface area contributed by atoms with Gasteiger partial charge in [-0.05, 0) is 25.1 Å². The molecule has 0 bridgehead atoms. The van der Waals surface area contributed by atoms with Crippen LogP contribution in [-0.2, 0) is 4.79 Å². The first-order valence-electron chi connectivity index (χ1n) is 5.64. The third kappa shape index (κ3) is 4.63. The van der Waals surface area contributed by atoms with Crippen LogP contribution in [0.3, 0.4) is 0 Å². The summed E-state index contributed by atoms with van der Waals surface area (Å²) in [6, 6.07) is 4.62. The molecular weight excluding hydrogens is 254 g/mol. The van der Waals surface area contributed by atoms with Crippen LogP contribution in [0.4, 0.5) is 5.69 Å². The Morgan fingerprint density at radius 1 is 1.28 bits per heavy atom. The van der Waals surface area contributed by atoms with E-state index in [1.807, 2.05) is 6.92 Å². The number of rotatable bonds is 5. The van der Waals surface area contributed by atoms with Crippen molar-refractivity contribution in [3.05, 3.63) is 28.8 Å². The van der Waals surface area contributed by atoms with E-state index in [-0.39, 0.29) is 24.8 Å².